The van der Waals surface area contributed by atoms with Gasteiger partial charge in [-0.3, -0.25) is 4.79 Å². The smallest absolute Gasteiger partial charge is 0.139 e. The van der Waals surface area contributed by atoms with Crippen LogP contribution in [-0.4, -0.2) is 28.8 Å². The molecule has 0 fully saturated rings. The van der Waals surface area contributed by atoms with E-state index in [0.717, 1.165) is 5.75 Å². The van der Waals surface area contributed by atoms with Crippen LogP contribution in [0.5, 0.6) is 0 Å². The second-order valence-electron chi connectivity index (χ2n) is 1.95. The maximum absolute atomic E-state index is 10.4. The maximum Gasteiger partial charge on any atom is 0.139 e. The average molecular weight is 178 g/mol. The van der Waals surface area contributed by atoms with E-state index in [0.29, 0.717) is 5.75 Å². The minimum Gasteiger partial charge on any atom is -0.299 e. The minimum atomic E-state index is 0.284. The number of ketones is 1. The van der Waals surface area contributed by atoms with Gasteiger partial charge in [0.15, 0.2) is 0 Å². The Morgan fingerprint density at radius 2 is 1.90 bits per heavy atom. The fraction of sp³-hybridized carbons (Fsp3) is 0.857. The number of rotatable bonds is 6. The number of carbonyl (C=O) groups is 1. The molecule has 0 aliphatic rings. The van der Waals surface area contributed by atoms with Crippen molar-refractivity contribution in [1.29, 1.82) is 0 Å². The SMILES string of the molecule is CCSCCSCC(C)=O. The Hall–Kier alpha value is 0.370. The van der Waals surface area contributed by atoms with Crippen LogP contribution in [0.2, 0.25) is 0 Å². The summed E-state index contributed by atoms with van der Waals surface area (Å²) in [6.07, 6.45) is 0. The van der Waals surface area contributed by atoms with E-state index >= 15 is 0 Å². The lowest BCUT2D eigenvalue weighted by molar-refractivity contribution is -0.114. The summed E-state index contributed by atoms with van der Waals surface area (Å²) in [4.78, 5) is 10.4. The van der Waals surface area contributed by atoms with Gasteiger partial charge >= 0.3 is 0 Å². The molecule has 3 heteroatoms. The maximum atomic E-state index is 10.4. The molecule has 0 unspecified atom stereocenters. The van der Waals surface area contributed by atoms with Crippen molar-refractivity contribution in [3.8, 4) is 0 Å². The molecule has 0 radical (unpaired) electrons. The van der Waals surface area contributed by atoms with Crippen LogP contribution in [0.1, 0.15) is 13.8 Å². The molecule has 0 aromatic heterocycles. The van der Waals surface area contributed by atoms with E-state index in [1.807, 2.05) is 11.8 Å². The van der Waals surface area contributed by atoms with Crippen LogP contribution in [0.3, 0.4) is 0 Å². The van der Waals surface area contributed by atoms with E-state index in [4.69, 9.17) is 0 Å². The van der Waals surface area contributed by atoms with Crippen molar-refractivity contribution in [2.24, 2.45) is 0 Å². The Labute approximate surface area is 71.3 Å². The fourth-order valence-corrected chi connectivity index (χ4v) is 2.14. The number of hydrogen-bond donors (Lipinski definition) is 0. The van der Waals surface area contributed by atoms with E-state index in [9.17, 15) is 4.79 Å². The third-order valence-electron chi connectivity index (χ3n) is 0.881. The van der Waals surface area contributed by atoms with E-state index < -0.39 is 0 Å². The summed E-state index contributed by atoms with van der Waals surface area (Å²) in [7, 11) is 0. The second-order valence-corrected chi connectivity index (χ2v) is 4.45. The normalized spacial score (nSPS) is 9.80. The average Bonchev–Trinajstić information content (AvgIpc) is 1.87. The summed E-state index contributed by atoms with van der Waals surface area (Å²) in [5.41, 5.74) is 0. The Balaban J connectivity index is 2.84. The first-order valence-electron chi connectivity index (χ1n) is 3.42. The van der Waals surface area contributed by atoms with Gasteiger partial charge in [-0.15, -0.1) is 0 Å². The minimum absolute atomic E-state index is 0.284. The molecule has 60 valence electrons. The quantitative estimate of drug-likeness (QED) is 0.580. The lowest BCUT2D eigenvalue weighted by atomic mass is 10.5. The molecule has 0 saturated carbocycles. The molecule has 0 aromatic rings. The first kappa shape index (κ1) is 10.4. The van der Waals surface area contributed by atoms with Gasteiger partial charge in [-0.2, -0.15) is 23.5 Å². The highest BCUT2D eigenvalue weighted by Gasteiger charge is 1.92. The van der Waals surface area contributed by atoms with Crippen LogP contribution >= 0.6 is 23.5 Å². The van der Waals surface area contributed by atoms with Gasteiger partial charge in [0.1, 0.15) is 5.78 Å². The highest BCUT2D eigenvalue weighted by molar-refractivity contribution is 8.03. The van der Waals surface area contributed by atoms with Gasteiger partial charge in [0.25, 0.3) is 0 Å². The zero-order valence-electron chi connectivity index (χ0n) is 6.55. The van der Waals surface area contributed by atoms with Crippen molar-refractivity contribution in [2.75, 3.05) is 23.0 Å². The van der Waals surface area contributed by atoms with Gasteiger partial charge in [-0.25, -0.2) is 0 Å². The Kier molecular flexibility index (Phi) is 7.75. The van der Waals surface area contributed by atoms with Crippen LogP contribution in [0.4, 0.5) is 0 Å². The molecule has 0 amide bonds. The lowest BCUT2D eigenvalue weighted by Crippen LogP contribution is -1.95. The van der Waals surface area contributed by atoms with Crippen LogP contribution in [0.15, 0.2) is 0 Å². The van der Waals surface area contributed by atoms with E-state index in [2.05, 4.69) is 6.92 Å². The molecular weight excluding hydrogens is 164 g/mol. The molecule has 1 nitrogen and oxygen atoms in total. The van der Waals surface area contributed by atoms with Crippen LogP contribution < -0.4 is 0 Å². The van der Waals surface area contributed by atoms with E-state index in [1.54, 1.807) is 18.7 Å². The topological polar surface area (TPSA) is 17.1 Å². The van der Waals surface area contributed by atoms with E-state index in [1.165, 1.54) is 11.5 Å². The van der Waals surface area contributed by atoms with Crippen molar-refractivity contribution in [3.63, 3.8) is 0 Å². The molecule has 0 rings (SSSR count). The molecule has 0 aliphatic carbocycles. The predicted octanol–water partition coefficient (Wildman–Crippen LogP) is 2.06. The van der Waals surface area contributed by atoms with Gasteiger partial charge in [-0.1, -0.05) is 6.92 Å². The van der Waals surface area contributed by atoms with Gasteiger partial charge in [0, 0.05) is 11.5 Å². The summed E-state index contributed by atoms with van der Waals surface area (Å²) in [5.74, 6) is 4.43. The number of hydrogen-bond acceptors (Lipinski definition) is 3. The second kappa shape index (κ2) is 7.48. The highest BCUT2D eigenvalue weighted by Crippen LogP contribution is 2.05. The molecule has 0 atom stereocenters. The van der Waals surface area contributed by atoms with Crippen molar-refractivity contribution >= 4 is 29.3 Å². The third kappa shape index (κ3) is 8.37. The van der Waals surface area contributed by atoms with Crippen LogP contribution in [0.25, 0.3) is 0 Å². The van der Waals surface area contributed by atoms with Crippen molar-refractivity contribution in [3.05, 3.63) is 0 Å². The summed E-state index contributed by atoms with van der Waals surface area (Å²) in [6.45, 7) is 3.79. The molecule has 0 N–H and O–H groups in total. The summed E-state index contributed by atoms with van der Waals surface area (Å²) in [6, 6.07) is 0. The number of carbonyl (C=O) groups excluding carboxylic acids is 1. The first-order valence-corrected chi connectivity index (χ1v) is 5.73. The predicted molar refractivity (Wildman–Crippen MR) is 51.0 cm³/mol. The molecule has 0 saturated heterocycles. The monoisotopic (exact) mass is 178 g/mol. The van der Waals surface area contributed by atoms with Crippen molar-refractivity contribution in [2.45, 2.75) is 13.8 Å². The Bertz CT molecular complexity index is 93.6. The van der Waals surface area contributed by atoms with Gasteiger partial charge < -0.3 is 0 Å². The molecule has 0 aliphatic heterocycles. The summed E-state index contributed by atoms with van der Waals surface area (Å²) >= 11 is 3.66. The van der Waals surface area contributed by atoms with Gasteiger partial charge in [0.05, 0.1) is 5.75 Å². The lowest BCUT2D eigenvalue weighted by Gasteiger charge is -1.96. The fourth-order valence-electron chi connectivity index (χ4n) is 0.478. The first-order chi connectivity index (χ1) is 4.77. The molecule has 0 bridgehead atoms. The van der Waals surface area contributed by atoms with Crippen LogP contribution in [-0.2, 0) is 4.79 Å². The van der Waals surface area contributed by atoms with E-state index in [-0.39, 0.29) is 5.78 Å². The third-order valence-corrected chi connectivity index (χ3v) is 3.14. The van der Waals surface area contributed by atoms with Crippen LogP contribution in [0, 0.1) is 0 Å². The molecule has 10 heavy (non-hydrogen) atoms. The summed E-state index contributed by atoms with van der Waals surface area (Å²) < 4.78 is 0. The zero-order chi connectivity index (χ0) is 7.82. The zero-order valence-corrected chi connectivity index (χ0v) is 8.19. The van der Waals surface area contributed by atoms with Crippen molar-refractivity contribution < 1.29 is 4.79 Å². The Morgan fingerprint density at radius 1 is 1.30 bits per heavy atom. The van der Waals surface area contributed by atoms with Crippen molar-refractivity contribution in [1.82, 2.24) is 0 Å². The number of Topliss-reactive ketones (excluding diaryl/α,β-unsaturated/α-hetero) is 1. The molecule has 0 heterocycles. The summed E-state index contributed by atoms with van der Waals surface area (Å²) in [5, 5.41) is 0. The van der Waals surface area contributed by atoms with Gasteiger partial charge in [0.2, 0.25) is 0 Å². The largest absolute Gasteiger partial charge is 0.299 e. The Morgan fingerprint density at radius 3 is 2.40 bits per heavy atom. The molecular formula is C7H14OS2. The molecule has 0 aromatic carbocycles. The highest BCUT2D eigenvalue weighted by atomic mass is 32.2. The van der Waals surface area contributed by atoms with Gasteiger partial charge in [-0.05, 0) is 12.7 Å². The number of thioether (sulfide) groups is 2. The molecule has 0 spiro atoms. The standard InChI is InChI=1S/C7H14OS2/c1-3-9-4-5-10-6-7(2)8/h3-6H2,1-2H3.